The maximum absolute atomic E-state index is 13.0. The van der Waals surface area contributed by atoms with Gasteiger partial charge >= 0.3 is 5.97 Å². The van der Waals surface area contributed by atoms with E-state index in [1.165, 1.54) is 12.1 Å². The van der Waals surface area contributed by atoms with Gasteiger partial charge in [-0.15, -0.1) is 0 Å². The summed E-state index contributed by atoms with van der Waals surface area (Å²) >= 11 is 0. The van der Waals surface area contributed by atoms with Gasteiger partial charge < -0.3 is 5.11 Å². The van der Waals surface area contributed by atoms with Crippen molar-refractivity contribution in [2.75, 3.05) is 0 Å². The Labute approximate surface area is 105 Å². The minimum Gasteiger partial charge on any atom is -0.480 e. The summed E-state index contributed by atoms with van der Waals surface area (Å²) in [6, 6.07) is 3.16. The standard InChI is InChI=1S/C13H17F2NO2/c1-3-13(4-2,12(17)18)16-8-9-5-10(14)7-11(15)6-9/h5-7,16H,3-4,8H2,1-2H3,(H,17,18). The summed E-state index contributed by atoms with van der Waals surface area (Å²) in [4.78, 5) is 11.2. The second-order valence-electron chi connectivity index (χ2n) is 4.23. The topological polar surface area (TPSA) is 49.3 Å². The molecule has 1 aromatic carbocycles. The van der Waals surface area contributed by atoms with Gasteiger partial charge in [0.15, 0.2) is 0 Å². The van der Waals surface area contributed by atoms with Gasteiger partial charge in [0.2, 0.25) is 0 Å². The second-order valence-corrected chi connectivity index (χ2v) is 4.23. The molecule has 100 valence electrons. The first-order chi connectivity index (χ1) is 8.43. The van der Waals surface area contributed by atoms with Crippen LogP contribution in [0.4, 0.5) is 8.78 Å². The average molecular weight is 257 g/mol. The fourth-order valence-corrected chi connectivity index (χ4v) is 1.86. The fraction of sp³-hybridized carbons (Fsp3) is 0.462. The Morgan fingerprint density at radius 3 is 2.11 bits per heavy atom. The molecule has 0 atom stereocenters. The van der Waals surface area contributed by atoms with Crippen LogP contribution in [0, 0.1) is 11.6 Å². The quantitative estimate of drug-likeness (QED) is 0.823. The van der Waals surface area contributed by atoms with E-state index >= 15 is 0 Å². The molecule has 0 aliphatic heterocycles. The Morgan fingerprint density at radius 1 is 1.22 bits per heavy atom. The molecule has 0 heterocycles. The molecule has 0 fully saturated rings. The molecule has 0 saturated carbocycles. The van der Waals surface area contributed by atoms with Gasteiger partial charge in [-0.3, -0.25) is 10.1 Å². The first kappa shape index (κ1) is 14.6. The highest BCUT2D eigenvalue weighted by Gasteiger charge is 2.33. The number of benzene rings is 1. The van der Waals surface area contributed by atoms with Crippen molar-refractivity contribution in [3.05, 3.63) is 35.4 Å². The summed E-state index contributed by atoms with van der Waals surface area (Å²) in [5, 5.41) is 12.1. The third-order valence-corrected chi connectivity index (χ3v) is 3.17. The van der Waals surface area contributed by atoms with Gasteiger partial charge in [-0.25, -0.2) is 8.78 Å². The van der Waals surface area contributed by atoms with E-state index in [2.05, 4.69) is 5.32 Å². The summed E-state index contributed by atoms with van der Waals surface area (Å²) in [6.07, 6.45) is 0.799. The molecule has 2 N–H and O–H groups in total. The fourth-order valence-electron chi connectivity index (χ4n) is 1.86. The monoisotopic (exact) mass is 257 g/mol. The zero-order valence-electron chi connectivity index (χ0n) is 10.5. The van der Waals surface area contributed by atoms with Crippen LogP contribution >= 0.6 is 0 Å². The van der Waals surface area contributed by atoms with Crippen molar-refractivity contribution in [2.45, 2.75) is 38.8 Å². The summed E-state index contributed by atoms with van der Waals surface area (Å²) in [5.41, 5.74) is -0.664. The summed E-state index contributed by atoms with van der Waals surface area (Å²) < 4.78 is 26.0. The van der Waals surface area contributed by atoms with Crippen molar-refractivity contribution in [1.82, 2.24) is 5.32 Å². The summed E-state index contributed by atoms with van der Waals surface area (Å²) in [7, 11) is 0. The predicted octanol–water partition coefficient (Wildman–Crippen LogP) is 2.70. The molecule has 0 aromatic heterocycles. The number of hydrogen-bond donors (Lipinski definition) is 2. The van der Waals surface area contributed by atoms with E-state index in [1.54, 1.807) is 13.8 Å². The maximum atomic E-state index is 13.0. The highest BCUT2D eigenvalue weighted by molar-refractivity contribution is 5.78. The van der Waals surface area contributed by atoms with Crippen LogP contribution in [0.2, 0.25) is 0 Å². The Balaban J connectivity index is 2.82. The van der Waals surface area contributed by atoms with Crippen molar-refractivity contribution in [3.63, 3.8) is 0 Å². The zero-order chi connectivity index (χ0) is 13.8. The number of aliphatic carboxylic acids is 1. The lowest BCUT2D eigenvalue weighted by atomic mass is 9.92. The molecule has 3 nitrogen and oxygen atoms in total. The SMILES string of the molecule is CCC(CC)(NCc1cc(F)cc(F)c1)C(=O)O. The number of nitrogens with one attached hydrogen (secondary N) is 1. The van der Waals surface area contributed by atoms with Crippen molar-refractivity contribution in [3.8, 4) is 0 Å². The van der Waals surface area contributed by atoms with Gasteiger partial charge in [0, 0.05) is 12.6 Å². The van der Waals surface area contributed by atoms with Crippen LogP contribution in [0.25, 0.3) is 0 Å². The lowest BCUT2D eigenvalue weighted by Crippen LogP contribution is -2.50. The number of carboxylic acids is 1. The van der Waals surface area contributed by atoms with E-state index in [-0.39, 0.29) is 6.54 Å². The molecule has 0 bridgehead atoms. The highest BCUT2D eigenvalue weighted by atomic mass is 19.1. The smallest absolute Gasteiger partial charge is 0.323 e. The molecule has 1 aromatic rings. The van der Waals surface area contributed by atoms with Crippen molar-refractivity contribution >= 4 is 5.97 Å². The third kappa shape index (κ3) is 3.26. The molecule has 1 rings (SSSR count). The highest BCUT2D eigenvalue weighted by Crippen LogP contribution is 2.17. The number of rotatable bonds is 6. The van der Waals surface area contributed by atoms with Crippen molar-refractivity contribution < 1.29 is 18.7 Å². The molecule has 18 heavy (non-hydrogen) atoms. The van der Waals surface area contributed by atoms with Gasteiger partial charge in [-0.05, 0) is 30.5 Å². The van der Waals surface area contributed by atoms with E-state index in [1.807, 2.05) is 0 Å². The minimum absolute atomic E-state index is 0.114. The first-order valence-corrected chi connectivity index (χ1v) is 5.87. The Morgan fingerprint density at radius 2 is 1.72 bits per heavy atom. The zero-order valence-corrected chi connectivity index (χ0v) is 10.5. The third-order valence-electron chi connectivity index (χ3n) is 3.17. The molecule has 0 aliphatic carbocycles. The van der Waals surface area contributed by atoms with Crippen LogP contribution in [0.5, 0.6) is 0 Å². The number of halogens is 2. The van der Waals surface area contributed by atoms with Crippen LogP contribution in [0.1, 0.15) is 32.3 Å². The average Bonchev–Trinajstić information content (AvgIpc) is 2.29. The van der Waals surface area contributed by atoms with Crippen LogP contribution in [-0.4, -0.2) is 16.6 Å². The lowest BCUT2D eigenvalue weighted by Gasteiger charge is -2.28. The maximum Gasteiger partial charge on any atom is 0.323 e. The Bertz CT molecular complexity index is 411. The number of carboxylic acid groups (broad SMARTS) is 1. The largest absolute Gasteiger partial charge is 0.480 e. The molecular weight excluding hydrogens is 240 g/mol. The van der Waals surface area contributed by atoms with E-state index in [0.717, 1.165) is 6.07 Å². The molecule has 0 unspecified atom stereocenters. The van der Waals surface area contributed by atoms with Crippen molar-refractivity contribution in [2.24, 2.45) is 0 Å². The number of hydrogen-bond acceptors (Lipinski definition) is 2. The molecule has 0 amide bonds. The number of carbonyl (C=O) groups is 1. The molecule has 0 spiro atoms. The van der Waals surface area contributed by atoms with Gasteiger partial charge in [0.25, 0.3) is 0 Å². The molecular formula is C13H17F2NO2. The molecule has 0 radical (unpaired) electrons. The van der Waals surface area contributed by atoms with E-state index in [4.69, 9.17) is 0 Å². The Hall–Kier alpha value is -1.49. The summed E-state index contributed by atoms with van der Waals surface area (Å²) in [5.74, 6) is -2.29. The second kappa shape index (κ2) is 5.91. The van der Waals surface area contributed by atoms with Gasteiger partial charge in [0.1, 0.15) is 17.2 Å². The van der Waals surface area contributed by atoms with Gasteiger partial charge in [-0.2, -0.15) is 0 Å². The van der Waals surface area contributed by atoms with Crippen LogP contribution in [0.15, 0.2) is 18.2 Å². The Kier molecular flexibility index (Phi) is 4.78. The molecule has 0 saturated heterocycles. The van der Waals surface area contributed by atoms with E-state index in [9.17, 15) is 18.7 Å². The molecule has 0 aliphatic rings. The van der Waals surface area contributed by atoms with Crippen LogP contribution < -0.4 is 5.32 Å². The van der Waals surface area contributed by atoms with Crippen LogP contribution in [0.3, 0.4) is 0 Å². The van der Waals surface area contributed by atoms with Gasteiger partial charge in [-0.1, -0.05) is 13.8 Å². The normalized spacial score (nSPS) is 11.6. The minimum atomic E-state index is -1.05. The molecule has 5 heteroatoms. The van der Waals surface area contributed by atoms with E-state index < -0.39 is 23.1 Å². The van der Waals surface area contributed by atoms with Crippen molar-refractivity contribution in [1.29, 1.82) is 0 Å². The summed E-state index contributed by atoms with van der Waals surface area (Å²) in [6.45, 7) is 3.64. The van der Waals surface area contributed by atoms with E-state index in [0.29, 0.717) is 18.4 Å². The van der Waals surface area contributed by atoms with Gasteiger partial charge in [0.05, 0.1) is 0 Å². The lowest BCUT2D eigenvalue weighted by molar-refractivity contribution is -0.145. The predicted molar refractivity (Wildman–Crippen MR) is 64.1 cm³/mol. The van der Waals surface area contributed by atoms with Crippen LogP contribution in [-0.2, 0) is 11.3 Å². The first-order valence-electron chi connectivity index (χ1n) is 5.87.